The zero-order valence-corrected chi connectivity index (χ0v) is 10.9. The molecule has 1 rings (SSSR count). The first-order chi connectivity index (χ1) is 7.25. The van der Waals surface area contributed by atoms with Crippen LogP contribution in [-0.4, -0.2) is 11.1 Å². The average molecular weight is 241 g/mol. The van der Waals surface area contributed by atoms with Crippen LogP contribution in [0, 0.1) is 19.3 Å². The Hall–Kier alpha value is -1.02. The smallest absolute Gasteiger partial charge is 0.309 e. The van der Waals surface area contributed by atoms with E-state index in [-0.39, 0.29) is 0 Å². The number of hydrogen-bond acceptors (Lipinski definition) is 1. The maximum absolute atomic E-state index is 11.1. The minimum atomic E-state index is -0.801. The molecule has 3 heteroatoms. The molecule has 1 aromatic carbocycles. The maximum Gasteiger partial charge on any atom is 0.309 e. The molecule has 0 aromatic heterocycles. The molecule has 0 fully saturated rings. The zero-order chi connectivity index (χ0) is 12.5. The fraction of sp³-hybridized carbons (Fsp3) is 0.462. The van der Waals surface area contributed by atoms with Gasteiger partial charge in [-0.25, -0.2) is 0 Å². The van der Waals surface area contributed by atoms with Gasteiger partial charge in [0.1, 0.15) is 0 Å². The lowest BCUT2D eigenvalue weighted by Gasteiger charge is -2.21. The van der Waals surface area contributed by atoms with E-state index in [0.29, 0.717) is 11.4 Å². The van der Waals surface area contributed by atoms with Crippen LogP contribution in [0.3, 0.4) is 0 Å². The summed E-state index contributed by atoms with van der Waals surface area (Å²) in [6, 6.07) is 3.78. The minimum Gasteiger partial charge on any atom is -0.481 e. The highest BCUT2D eigenvalue weighted by Crippen LogP contribution is 2.30. The summed E-state index contributed by atoms with van der Waals surface area (Å²) in [6.07, 6.45) is 0.453. The second kappa shape index (κ2) is 4.46. The van der Waals surface area contributed by atoms with E-state index in [2.05, 4.69) is 0 Å². The Morgan fingerprint density at radius 1 is 1.38 bits per heavy atom. The van der Waals surface area contributed by atoms with Gasteiger partial charge in [-0.15, -0.1) is 0 Å². The third kappa shape index (κ3) is 2.56. The lowest BCUT2D eigenvalue weighted by molar-refractivity contribution is -0.146. The van der Waals surface area contributed by atoms with Crippen molar-refractivity contribution in [2.75, 3.05) is 0 Å². The highest BCUT2D eigenvalue weighted by atomic mass is 35.5. The number of carboxylic acid groups (broad SMARTS) is 1. The molecule has 0 unspecified atom stereocenters. The molecule has 0 bridgehead atoms. The van der Waals surface area contributed by atoms with Crippen LogP contribution in [0.4, 0.5) is 0 Å². The van der Waals surface area contributed by atoms with Gasteiger partial charge in [-0.05, 0) is 56.9 Å². The number of carboxylic acids is 1. The van der Waals surface area contributed by atoms with E-state index in [0.717, 1.165) is 16.7 Å². The number of benzene rings is 1. The van der Waals surface area contributed by atoms with E-state index < -0.39 is 11.4 Å². The molecule has 0 heterocycles. The van der Waals surface area contributed by atoms with Crippen LogP contribution in [-0.2, 0) is 11.2 Å². The van der Waals surface area contributed by atoms with E-state index in [1.807, 2.05) is 26.0 Å². The van der Waals surface area contributed by atoms with Crippen molar-refractivity contribution in [3.05, 3.63) is 33.8 Å². The molecule has 0 aliphatic heterocycles. The van der Waals surface area contributed by atoms with Gasteiger partial charge in [0.15, 0.2) is 0 Å². The number of aliphatic carboxylic acids is 1. The van der Waals surface area contributed by atoms with Crippen LogP contribution in [0.5, 0.6) is 0 Å². The Labute approximate surface area is 101 Å². The molecule has 0 amide bonds. The monoisotopic (exact) mass is 240 g/mol. The van der Waals surface area contributed by atoms with Crippen molar-refractivity contribution in [3.63, 3.8) is 0 Å². The van der Waals surface area contributed by atoms with Crippen LogP contribution in [0.1, 0.15) is 30.5 Å². The van der Waals surface area contributed by atoms with Crippen molar-refractivity contribution in [2.24, 2.45) is 5.41 Å². The van der Waals surface area contributed by atoms with Gasteiger partial charge < -0.3 is 5.11 Å². The van der Waals surface area contributed by atoms with Gasteiger partial charge in [0, 0.05) is 5.02 Å². The van der Waals surface area contributed by atoms with Crippen molar-refractivity contribution >= 4 is 17.6 Å². The summed E-state index contributed by atoms with van der Waals surface area (Å²) >= 11 is 6.12. The second-order valence-corrected chi connectivity index (χ2v) is 5.24. The van der Waals surface area contributed by atoms with E-state index >= 15 is 0 Å². The van der Waals surface area contributed by atoms with Crippen molar-refractivity contribution in [2.45, 2.75) is 34.1 Å². The van der Waals surface area contributed by atoms with E-state index in [1.54, 1.807) is 13.8 Å². The summed E-state index contributed by atoms with van der Waals surface area (Å²) in [6.45, 7) is 7.41. The fourth-order valence-electron chi connectivity index (χ4n) is 1.58. The number of hydrogen-bond donors (Lipinski definition) is 1. The normalized spacial score (nSPS) is 11.6. The van der Waals surface area contributed by atoms with Gasteiger partial charge in [0.2, 0.25) is 0 Å². The van der Waals surface area contributed by atoms with E-state index in [4.69, 9.17) is 16.7 Å². The third-order valence-corrected chi connectivity index (χ3v) is 3.36. The first-order valence-corrected chi connectivity index (χ1v) is 5.61. The SMILES string of the molecule is Cc1ccc(Cl)c(CC(C)(C)C(=O)O)c1C. The number of aryl methyl sites for hydroxylation is 1. The molecule has 0 radical (unpaired) electrons. The second-order valence-electron chi connectivity index (χ2n) is 4.83. The van der Waals surface area contributed by atoms with Crippen LogP contribution >= 0.6 is 11.6 Å². The van der Waals surface area contributed by atoms with Gasteiger partial charge in [-0.1, -0.05) is 17.7 Å². The standard InChI is InChI=1S/C13H17ClO2/c1-8-5-6-11(14)10(9(8)2)7-13(3,4)12(15)16/h5-6H,7H2,1-4H3,(H,15,16). The van der Waals surface area contributed by atoms with Crippen molar-refractivity contribution in [3.8, 4) is 0 Å². The van der Waals surface area contributed by atoms with Crippen molar-refractivity contribution in [1.29, 1.82) is 0 Å². The van der Waals surface area contributed by atoms with Crippen LogP contribution < -0.4 is 0 Å². The van der Waals surface area contributed by atoms with Crippen molar-refractivity contribution in [1.82, 2.24) is 0 Å². The Bertz CT molecular complexity index is 422. The largest absolute Gasteiger partial charge is 0.481 e. The molecule has 0 saturated carbocycles. The molecule has 1 aromatic rings. The molecule has 1 N–H and O–H groups in total. The van der Waals surface area contributed by atoms with Crippen LogP contribution in [0.25, 0.3) is 0 Å². The topological polar surface area (TPSA) is 37.3 Å². The highest BCUT2D eigenvalue weighted by molar-refractivity contribution is 6.31. The summed E-state index contributed by atoms with van der Waals surface area (Å²) in [5.41, 5.74) is 2.37. The summed E-state index contributed by atoms with van der Waals surface area (Å²) in [4.78, 5) is 11.1. The molecule has 0 saturated heterocycles. The molecule has 0 aliphatic rings. The Kier molecular flexibility index (Phi) is 3.64. The van der Waals surface area contributed by atoms with Gasteiger partial charge in [-0.2, -0.15) is 0 Å². The number of rotatable bonds is 3. The summed E-state index contributed by atoms with van der Waals surface area (Å²) in [7, 11) is 0. The van der Waals surface area contributed by atoms with Crippen molar-refractivity contribution < 1.29 is 9.90 Å². The first kappa shape index (κ1) is 13.0. The molecule has 16 heavy (non-hydrogen) atoms. The molecule has 0 aliphatic carbocycles. The Morgan fingerprint density at radius 3 is 2.44 bits per heavy atom. The molecule has 88 valence electrons. The molecule has 0 atom stereocenters. The quantitative estimate of drug-likeness (QED) is 0.876. The number of carbonyl (C=O) groups is 1. The summed E-state index contributed by atoms with van der Waals surface area (Å²) in [5, 5.41) is 9.76. The fourth-order valence-corrected chi connectivity index (χ4v) is 1.85. The predicted molar refractivity (Wildman–Crippen MR) is 66.0 cm³/mol. The highest BCUT2D eigenvalue weighted by Gasteiger charge is 2.29. The van der Waals surface area contributed by atoms with E-state index in [1.165, 1.54) is 0 Å². The Morgan fingerprint density at radius 2 is 1.94 bits per heavy atom. The predicted octanol–water partition coefficient (Wildman–Crippen LogP) is 3.61. The third-order valence-electron chi connectivity index (χ3n) is 3.01. The lowest BCUT2D eigenvalue weighted by Crippen LogP contribution is -2.26. The number of halogens is 1. The van der Waals surface area contributed by atoms with Gasteiger partial charge in [-0.3, -0.25) is 4.79 Å². The molecule has 0 spiro atoms. The molecular formula is C13H17ClO2. The molecule has 2 nitrogen and oxygen atoms in total. The van der Waals surface area contributed by atoms with Gasteiger partial charge >= 0.3 is 5.97 Å². The molecular weight excluding hydrogens is 224 g/mol. The maximum atomic E-state index is 11.1. The van der Waals surface area contributed by atoms with Crippen LogP contribution in [0.15, 0.2) is 12.1 Å². The first-order valence-electron chi connectivity index (χ1n) is 5.23. The minimum absolute atomic E-state index is 0.453. The van der Waals surface area contributed by atoms with Gasteiger partial charge in [0.05, 0.1) is 5.41 Å². The van der Waals surface area contributed by atoms with Crippen LogP contribution in [0.2, 0.25) is 5.02 Å². The summed E-state index contributed by atoms with van der Waals surface area (Å²) in [5.74, 6) is -0.801. The summed E-state index contributed by atoms with van der Waals surface area (Å²) < 4.78 is 0. The zero-order valence-electron chi connectivity index (χ0n) is 10.1. The average Bonchev–Trinajstić information content (AvgIpc) is 2.18. The van der Waals surface area contributed by atoms with E-state index in [9.17, 15) is 4.79 Å². The Balaban J connectivity index is 3.15. The lowest BCUT2D eigenvalue weighted by atomic mass is 9.84. The van der Waals surface area contributed by atoms with Gasteiger partial charge in [0.25, 0.3) is 0 Å².